The number of aryl methyl sites for hydroxylation is 3. The summed E-state index contributed by atoms with van der Waals surface area (Å²) in [5, 5.41) is 7.96. The summed E-state index contributed by atoms with van der Waals surface area (Å²) in [6.07, 6.45) is 3.06. The standard InChI is InChI=1S/C16H24N4/c1-6-15-13(11-20(5)18-15)10-17-14-8-7-12(2)16(9-14)19(3)4/h7-9,11,17H,6,10H2,1-5H3. The fourth-order valence-electron chi connectivity index (χ4n) is 2.43. The van der Waals surface area contributed by atoms with Crippen molar-refractivity contribution in [2.75, 3.05) is 24.3 Å². The van der Waals surface area contributed by atoms with Gasteiger partial charge in [-0.3, -0.25) is 4.68 Å². The third-order valence-electron chi connectivity index (χ3n) is 3.50. The third kappa shape index (κ3) is 3.13. The van der Waals surface area contributed by atoms with Gasteiger partial charge in [0.2, 0.25) is 0 Å². The zero-order valence-corrected chi connectivity index (χ0v) is 13.1. The van der Waals surface area contributed by atoms with E-state index in [9.17, 15) is 0 Å². The molecule has 2 rings (SSSR count). The largest absolute Gasteiger partial charge is 0.381 e. The lowest BCUT2D eigenvalue weighted by molar-refractivity contribution is 0.746. The maximum absolute atomic E-state index is 4.47. The first-order valence-electron chi connectivity index (χ1n) is 7.04. The van der Waals surface area contributed by atoms with E-state index in [2.05, 4.69) is 67.7 Å². The van der Waals surface area contributed by atoms with Gasteiger partial charge in [-0.2, -0.15) is 5.10 Å². The number of benzene rings is 1. The first-order valence-corrected chi connectivity index (χ1v) is 7.04. The molecule has 1 aromatic heterocycles. The molecule has 20 heavy (non-hydrogen) atoms. The summed E-state index contributed by atoms with van der Waals surface area (Å²) >= 11 is 0. The maximum atomic E-state index is 4.47. The van der Waals surface area contributed by atoms with Crippen LogP contribution in [0.25, 0.3) is 0 Å². The monoisotopic (exact) mass is 272 g/mol. The van der Waals surface area contributed by atoms with Gasteiger partial charge in [-0.15, -0.1) is 0 Å². The van der Waals surface area contributed by atoms with Crippen molar-refractivity contribution in [2.24, 2.45) is 7.05 Å². The topological polar surface area (TPSA) is 33.1 Å². The molecule has 0 amide bonds. The van der Waals surface area contributed by atoms with Gasteiger partial charge in [-0.25, -0.2) is 0 Å². The number of aromatic nitrogens is 2. The highest BCUT2D eigenvalue weighted by Crippen LogP contribution is 2.23. The summed E-state index contributed by atoms with van der Waals surface area (Å²) < 4.78 is 1.89. The Balaban J connectivity index is 2.12. The van der Waals surface area contributed by atoms with Crippen LogP contribution >= 0.6 is 0 Å². The van der Waals surface area contributed by atoms with E-state index in [0.717, 1.165) is 18.7 Å². The van der Waals surface area contributed by atoms with Gasteiger partial charge >= 0.3 is 0 Å². The predicted molar refractivity (Wildman–Crippen MR) is 85.4 cm³/mol. The maximum Gasteiger partial charge on any atom is 0.0671 e. The second-order valence-electron chi connectivity index (χ2n) is 5.38. The lowest BCUT2D eigenvalue weighted by Crippen LogP contribution is -2.11. The van der Waals surface area contributed by atoms with Crippen molar-refractivity contribution in [1.29, 1.82) is 0 Å². The molecule has 0 unspecified atom stereocenters. The van der Waals surface area contributed by atoms with Crippen LogP contribution in [0, 0.1) is 6.92 Å². The highest BCUT2D eigenvalue weighted by Gasteiger charge is 2.06. The van der Waals surface area contributed by atoms with Gasteiger partial charge in [0.05, 0.1) is 5.69 Å². The summed E-state index contributed by atoms with van der Waals surface area (Å²) in [5.74, 6) is 0. The van der Waals surface area contributed by atoms with Gasteiger partial charge < -0.3 is 10.2 Å². The van der Waals surface area contributed by atoms with Gasteiger partial charge in [0.25, 0.3) is 0 Å². The van der Waals surface area contributed by atoms with Crippen LogP contribution in [-0.2, 0) is 20.0 Å². The van der Waals surface area contributed by atoms with E-state index in [0.29, 0.717) is 0 Å². The number of hydrogen-bond acceptors (Lipinski definition) is 3. The Morgan fingerprint density at radius 2 is 2.05 bits per heavy atom. The van der Waals surface area contributed by atoms with Crippen LogP contribution in [0.15, 0.2) is 24.4 Å². The molecule has 1 N–H and O–H groups in total. The van der Waals surface area contributed by atoms with Crippen LogP contribution in [0.4, 0.5) is 11.4 Å². The molecule has 0 saturated heterocycles. The minimum Gasteiger partial charge on any atom is -0.381 e. The molecule has 0 atom stereocenters. The molecule has 4 nitrogen and oxygen atoms in total. The Bertz CT molecular complexity index is 584. The molecule has 0 spiro atoms. The summed E-state index contributed by atoms with van der Waals surface area (Å²) in [5.41, 5.74) is 6.11. The van der Waals surface area contributed by atoms with E-state index in [1.54, 1.807) is 0 Å². The van der Waals surface area contributed by atoms with Crippen molar-refractivity contribution in [2.45, 2.75) is 26.8 Å². The Morgan fingerprint density at radius 3 is 2.70 bits per heavy atom. The Kier molecular flexibility index (Phi) is 4.32. The smallest absolute Gasteiger partial charge is 0.0671 e. The lowest BCUT2D eigenvalue weighted by atomic mass is 10.1. The van der Waals surface area contributed by atoms with Crippen LogP contribution in [0.3, 0.4) is 0 Å². The quantitative estimate of drug-likeness (QED) is 0.908. The molecular formula is C16H24N4. The second-order valence-corrected chi connectivity index (χ2v) is 5.38. The Labute approximate surface area is 121 Å². The molecule has 0 radical (unpaired) electrons. The molecule has 0 bridgehead atoms. The highest BCUT2D eigenvalue weighted by atomic mass is 15.3. The molecule has 0 aliphatic heterocycles. The van der Waals surface area contributed by atoms with Crippen molar-refractivity contribution in [3.63, 3.8) is 0 Å². The van der Waals surface area contributed by atoms with Crippen molar-refractivity contribution in [1.82, 2.24) is 9.78 Å². The minimum absolute atomic E-state index is 0.812. The zero-order chi connectivity index (χ0) is 14.7. The average Bonchev–Trinajstić information content (AvgIpc) is 2.77. The molecule has 0 fully saturated rings. The third-order valence-corrected chi connectivity index (χ3v) is 3.50. The predicted octanol–water partition coefficient (Wildman–Crippen LogP) is 2.97. The Hall–Kier alpha value is -1.97. The number of hydrogen-bond donors (Lipinski definition) is 1. The SMILES string of the molecule is CCc1nn(C)cc1CNc1ccc(C)c(N(C)C)c1. The molecule has 4 heteroatoms. The number of nitrogens with zero attached hydrogens (tertiary/aromatic N) is 3. The number of anilines is 2. The minimum atomic E-state index is 0.812. The lowest BCUT2D eigenvalue weighted by Gasteiger charge is -2.17. The first-order chi connectivity index (χ1) is 9.51. The molecule has 1 aromatic carbocycles. The fourth-order valence-corrected chi connectivity index (χ4v) is 2.43. The molecular weight excluding hydrogens is 248 g/mol. The molecule has 2 aromatic rings. The highest BCUT2D eigenvalue weighted by molar-refractivity contribution is 5.61. The number of nitrogens with one attached hydrogen (secondary N) is 1. The number of rotatable bonds is 5. The van der Waals surface area contributed by atoms with E-state index in [-0.39, 0.29) is 0 Å². The molecule has 0 aliphatic carbocycles. The van der Waals surface area contributed by atoms with Gasteiger partial charge in [-0.1, -0.05) is 13.0 Å². The van der Waals surface area contributed by atoms with Crippen molar-refractivity contribution in [3.05, 3.63) is 41.2 Å². The Morgan fingerprint density at radius 1 is 1.30 bits per heavy atom. The summed E-state index contributed by atoms with van der Waals surface area (Å²) in [6, 6.07) is 6.48. The molecule has 1 heterocycles. The van der Waals surface area contributed by atoms with Crippen LogP contribution in [0.1, 0.15) is 23.7 Å². The summed E-state index contributed by atoms with van der Waals surface area (Å²) in [7, 11) is 6.11. The molecule has 0 saturated carbocycles. The van der Waals surface area contributed by atoms with Gasteiger partial charge in [0.1, 0.15) is 0 Å². The van der Waals surface area contributed by atoms with Gasteiger partial charge in [0, 0.05) is 50.8 Å². The zero-order valence-electron chi connectivity index (χ0n) is 13.1. The van der Waals surface area contributed by atoms with E-state index in [4.69, 9.17) is 0 Å². The van der Waals surface area contributed by atoms with Crippen molar-refractivity contribution in [3.8, 4) is 0 Å². The molecule has 0 aliphatic rings. The van der Waals surface area contributed by atoms with E-state index >= 15 is 0 Å². The van der Waals surface area contributed by atoms with E-state index in [1.165, 1.54) is 22.5 Å². The second kappa shape index (κ2) is 5.99. The molecule has 108 valence electrons. The average molecular weight is 272 g/mol. The summed E-state index contributed by atoms with van der Waals surface area (Å²) in [4.78, 5) is 2.14. The van der Waals surface area contributed by atoms with Crippen molar-refractivity contribution < 1.29 is 0 Å². The van der Waals surface area contributed by atoms with E-state index < -0.39 is 0 Å². The van der Waals surface area contributed by atoms with E-state index in [1.807, 2.05) is 11.7 Å². The van der Waals surface area contributed by atoms with Gasteiger partial charge in [0.15, 0.2) is 0 Å². The van der Waals surface area contributed by atoms with Crippen LogP contribution < -0.4 is 10.2 Å². The van der Waals surface area contributed by atoms with Crippen molar-refractivity contribution >= 4 is 11.4 Å². The van der Waals surface area contributed by atoms with Crippen LogP contribution in [0.2, 0.25) is 0 Å². The van der Waals surface area contributed by atoms with Crippen LogP contribution in [0.5, 0.6) is 0 Å². The van der Waals surface area contributed by atoms with Crippen LogP contribution in [-0.4, -0.2) is 23.9 Å². The fraction of sp³-hybridized carbons (Fsp3) is 0.438. The first kappa shape index (κ1) is 14.4. The van der Waals surface area contributed by atoms with Gasteiger partial charge in [-0.05, 0) is 31.0 Å². The summed E-state index contributed by atoms with van der Waals surface area (Å²) in [6.45, 7) is 5.09. The normalized spacial score (nSPS) is 10.7.